The monoisotopic (exact) mass is 261 g/mol. The number of ether oxygens (including phenoxy) is 1. The molecule has 2 rings (SSSR count). The third kappa shape index (κ3) is 2.79. The first-order valence-corrected chi connectivity index (χ1v) is 5.52. The molecule has 0 aliphatic rings. The topological polar surface area (TPSA) is 82.6 Å². The third-order valence-electron chi connectivity index (χ3n) is 2.62. The molecule has 0 amide bonds. The fraction of sp³-hybridized carbons (Fsp3) is 0.154. The van der Waals surface area contributed by atoms with Gasteiger partial charge in [0.1, 0.15) is 18.1 Å². The summed E-state index contributed by atoms with van der Waals surface area (Å²) in [6.07, 6.45) is 0.599. The van der Waals surface area contributed by atoms with E-state index in [1.54, 1.807) is 25.1 Å². The summed E-state index contributed by atoms with van der Waals surface area (Å²) in [6.45, 7) is 1.72. The molecule has 0 saturated carbocycles. The van der Waals surface area contributed by atoms with Crippen LogP contribution in [0.1, 0.15) is 21.9 Å². The van der Waals surface area contributed by atoms with Crippen molar-refractivity contribution in [3.8, 4) is 5.75 Å². The first kappa shape index (κ1) is 12.8. The molecule has 0 aliphatic heterocycles. The number of carbonyl (C=O) groups excluding carboxylic acids is 1. The van der Waals surface area contributed by atoms with Crippen LogP contribution in [0.2, 0.25) is 0 Å². The number of carbonyl (C=O) groups is 1. The number of aldehydes is 1. The number of benzene rings is 1. The lowest BCUT2D eigenvalue weighted by molar-refractivity contribution is -0.385. The Kier molecular flexibility index (Phi) is 3.61. The Balaban J connectivity index is 2.13. The molecule has 0 unspecified atom stereocenters. The van der Waals surface area contributed by atoms with Crippen molar-refractivity contribution in [2.75, 3.05) is 0 Å². The van der Waals surface area contributed by atoms with E-state index in [9.17, 15) is 14.9 Å². The molecule has 0 aliphatic carbocycles. The highest BCUT2D eigenvalue weighted by atomic mass is 16.6. The van der Waals surface area contributed by atoms with Crippen molar-refractivity contribution in [1.82, 2.24) is 0 Å². The van der Waals surface area contributed by atoms with E-state index in [-0.39, 0.29) is 18.1 Å². The number of nitrogens with zero attached hydrogens (tertiary/aromatic N) is 1. The minimum Gasteiger partial charge on any atom is -0.485 e. The smallest absolute Gasteiger partial charge is 0.276 e. The maximum Gasteiger partial charge on any atom is 0.276 e. The van der Waals surface area contributed by atoms with Crippen LogP contribution < -0.4 is 4.74 Å². The third-order valence-corrected chi connectivity index (χ3v) is 2.62. The summed E-state index contributed by atoms with van der Waals surface area (Å²) in [5, 5.41) is 10.8. The fourth-order valence-electron chi connectivity index (χ4n) is 1.64. The van der Waals surface area contributed by atoms with Crippen molar-refractivity contribution in [3.63, 3.8) is 0 Å². The molecule has 1 aromatic carbocycles. The molecule has 98 valence electrons. The van der Waals surface area contributed by atoms with Crippen molar-refractivity contribution < 1.29 is 18.9 Å². The molecule has 1 heterocycles. The Morgan fingerprint density at radius 2 is 2.16 bits per heavy atom. The van der Waals surface area contributed by atoms with Crippen LogP contribution in [0.4, 0.5) is 5.69 Å². The number of nitro groups is 1. The van der Waals surface area contributed by atoms with Crippen molar-refractivity contribution in [1.29, 1.82) is 0 Å². The average molecular weight is 261 g/mol. The lowest BCUT2D eigenvalue weighted by Gasteiger charge is -2.07. The zero-order valence-electron chi connectivity index (χ0n) is 10.2. The minimum absolute atomic E-state index is 0.00512. The zero-order chi connectivity index (χ0) is 13.8. The van der Waals surface area contributed by atoms with Crippen molar-refractivity contribution in [3.05, 3.63) is 57.5 Å². The van der Waals surface area contributed by atoms with Crippen molar-refractivity contribution in [2.24, 2.45) is 0 Å². The van der Waals surface area contributed by atoms with Gasteiger partial charge in [-0.3, -0.25) is 14.9 Å². The van der Waals surface area contributed by atoms with E-state index in [0.717, 1.165) is 0 Å². The fourth-order valence-corrected chi connectivity index (χ4v) is 1.64. The van der Waals surface area contributed by atoms with Gasteiger partial charge >= 0.3 is 0 Å². The van der Waals surface area contributed by atoms with Crippen LogP contribution in [0.3, 0.4) is 0 Å². The van der Waals surface area contributed by atoms with Crippen LogP contribution in [0.25, 0.3) is 0 Å². The lowest BCUT2D eigenvalue weighted by Crippen LogP contribution is -1.98. The highest BCUT2D eigenvalue weighted by Gasteiger charge is 2.14. The molecule has 6 nitrogen and oxygen atoms in total. The van der Waals surface area contributed by atoms with Gasteiger partial charge < -0.3 is 9.15 Å². The SMILES string of the molecule is Cc1c(OCc2ccc(C=O)o2)cccc1[N+](=O)[O-]. The summed E-state index contributed by atoms with van der Waals surface area (Å²) < 4.78 is 10.6. The zero-order valence-corrected chi connectivity index (χ0v) is 10.2. The van der Waals surface area contributed by atoms with E-state index < -0.39 is 4.92 Å². The predicted molar refractivity (Wildman–Crippen MR) is 66.3 cm³/mol. The van der Waals surface area contributed by atoms with Crippen LogP contribution in [-0.4, -0.2) is 11.2 Å². The van der Waals surface area contributed by atoms with Crippen LogP contribution in [0.5, 0.6) is 5.75 Å². The van der Waals surface area contributed by atoms with Gasteiger partial charge in [-0.1, -0.05) is 6.07 Å². The number of furan rings is 1. The van der Waals surface area contributed by atoms with Crippen molar-refractivity contribution >= 4 is 12.0 Å². The quantitative estimate of drug-likeness (QED) is 0.469. The normalized spacial score (nSPS) is 10.2. The summed E-state index contributed by atoms with van der Waals surface area (Å²) in [7, 11) is 0. The second kappa shape index (κ2) is 5.34. The Bertz CT molecular complexity index is 617. The summed E-state index contributed by atoms with van der Waals surface area (Å²) in [4.78, 5) is 20.8. The van der Waals surface area contributed by atoms with Crippen LogP contribution in [0, 0.1) is 17.0 Å². The summed E-state index contributed by atoms with van der Waals surface area (Å²) in [6, 6.07) is 7.77. The lowest BCUT2D eigenvalue weighted by atomic mass is 10.2. The van der Waals surface area contributed by atoms with Gasteiger partial charge in [-0.25, -0.2) is 0 Å². The highest BCUT2D eigenvalue weighted by Crippen LogP contribution is 2.27. The molecule has 0 atom stereocenters. The first-order chi connectivity index (χ1) is 9.11. The number of hydrogen-bond acceptors (Lipinski definition) is 5. The second-order valence-corrected chi connectivity index (χ2v) is 3.87. The van der Waals surface area contributed by atoms with E-state index in [4.69, 9.17) is 9.15 Å². The van der Waals surface area contributed by atoms with Gasteiger partial charge in [0.15, 0.2) is 12.0 Å². The average Bonchev–Trinajstić information content (AvgIpc) is 2.85. The van der Waals surface area contributed by atoms with Crippen LogP contribution >= 0.6 is 0 Å². The van der Waals surface area contributed by atoms with Gasteiger partial charge in [0, 0.05) is 6.07 Å². The molecule has 6 heteroatoms. The van der Waals surface area contributed by atoms with Gasteiger partial charge in [-0.05, 0) is 25.1 Å². The molecule has 0 fully saturated rings. The second-order valence-electron chi connectivity index (χ2n) is 3.87. The molecule has 2 aromatic rings. The van der Waals surface area contributed by atoms with Crippen molar-refractivity contribution in [2.45, 2.75) is 13.5 Å². The maximum absolute atomic E-state index is 10.8. The number of hydrogen-bond donors (Lipinski definition) is 0. The summed E-state index contributed by atoms with van der Waals surface area (Å²) >= 11 is 0. The van der Waals surface area contributed by atoms with Gasteiger partial charge in [0.25, 0.3) is 5.69 Å². The molecule has 0 N–H and O–H groups in total. The van der Waals surface area contributed by atoms with Gasteiger partial charge in [-0.15, -0.1) is 0 Å². The molecular formula is C13H11NO5. The summed E-state index contributed by atoms with van der Waals surface area (Å²) in [5.41, 5.74) is 0.459. The van der Waals surface area contributed by atoms with Crippen LogP contribution in [0.15, 0.2) is 34.7 Å². The first-order valence-electron chi connectivity index (χ1n) is 5.52. The Labute approximate surface area is 108 Å². The largest absolute Gasteiger partial charge is 0.485 e. The number of nitro benzene ring substituents is 1. The molecule has 19 heavy (non-hydrogen) atoms. The van der Waals surface area contributed by atoms with E-state index in [1.807, 2.05) is 0 Å². The standard InChI is InChI=1S/C13H11NO5/c1-9-12(14(16)17)3-2-4-13(9)18-8-11-6-5-10(7-15)19-11/h2-7H,8H2,1H3. The van der Waals surface area contributed by atoms with E-state index in [2.05, 4.69) is 0 Å². The maximum atomic E-state index is 10.8. The van der Waals surface area contributed by atoms with Gasteiger partial charge in [0.05, 0.1) is 10.5 Å². The number of rotatable bonds is 5. The Morgan fingerprint density at radius 1 is 1.37 bits per heavy atom. The molecule has 0 bridgehead atoms. The van der Waals surface area contributed by atoms with Gasteiger partial charge in [0.2, 0.25) is 0 Å². The molecular weight excluding hydrogens is 250 g/mol. The van der Waals surface area contributed by atoms with Crippen LogP contribution in [-0.2, 0) is 6.61 Å². The summed E-state index contributed by atoms with van der Waals surface area (Å²) in [5.74, 6) is 1.11. The minimum atomic E-state index is -0.459. The molecule has 0 spiro atoms. The molecule has 1 aromatic heterocycles. The van der Waals surface area contributed by atoms with Gasteiger partial charge in [-0.2, -0.15) is 0 Å². The van der Waals surface area contributed by atoms with E-state index in [0.29, 0.717) is 23.4 Å². The molecule has 0 radical (unpaired) electrons. The highest BCUT2D eigenvalue weighted by molar-refractivity contribution is 5.70. The van der Waals surface area contributed by atoms with E-state index >= 15 is 0 Å². The molecule has 0 saturated heterocycles. The predicted octanol–water partition coefficient (Wildman–Crippen LogP) is 2.89. The Hall–Kier alpha value is -2.63. The van der Waals surface area contributed by atoms with E-state index in [1.165, 1.54) is 12.1 Å². The Morgan fingerprint density at radius 3 is 2.79 bits per heavy atom.